The Hall–Kier alpha value is -0.0900. The number of likely N-dealkylation sites (N-methyl/N-ethyl adjacent to an activating group) is 1. The van der Waals surface area contributed by atoms with Crippen molar-refractivity contribution in [2.24, 2.45) is 0 Å². The lowest BCUT2D eigenvalue weighted by atomic mass is 10.2. The number of nitrogens with zero attached hydrogens (tertiary/aromatic N) is 1. The van der Waals surface area contributed by atoms with E-state index in [-0.39, 0.29) is 5.91 Å². The predicted molar refractivity (Wildman–Crippen MR) is 59.2 cm³/mol. The molecule has 0 atom stereocenters. The highest BCUT2D eigenvalue weighted by atomic mass is 79.9. The monoisotopic (exact) mass is 250 g/mol. The predicted octanol–water partition coefficient (Wildman–Crippen LogP) is 1.23. The third kappa shape index (κ3) is 6.05. The number of nitrogens with one attached hydrogen (secondary N) is 1. The summed E-state index contributed by atoms with van der Waals surface area (Å²) in [4.78, 5) is 13.5. The summed E-state index contributed by atoms with van der Waals surface area (Å²) in [6, 6.07) is 0. The summed E-state index contributed by atoms with van der Waals surface area (Å²) in [7, 11) is 2.03. The van der Waals surface area contributed by atoms with Crippen LogP contribution in [0.2, 0.25) is 0 Å². The molecule has 4 heteroatoms. The van der Waals surface area contributed by atoms with E-state index in [1.807, 2.05) is 20.9 Å². The van der Waals surface area contributed by atoms with Crippen molar-refractivity contribution in [3.63, 3.8) is 0 Å². The third-order valence-corrected chi connectivity index (χ3v) is 2.22. The second kappa shape index (κ2) is 5.60. The maximum atomic E-state index is 11.4. The number of hydrogen-bond acceptors (Lipinski definition) is 2. The Morgan fingerprint density at radius 3 is 2.46 bits per heavy atom. The molecular weight excluding hydrogens is 232 g/mol. The number of hydrogen-bond donors (Lipinski definition) is 1. The van der Waals surface area contributed by atoms with Crippen molar-refractivity contribution < 1.29 is 4.79 Å². The summed E-state index contributed by atoms with van der Waals surface area (Å²) in [5, 5.41) is 2.86. The van der Waals surface area contributed by atoms with Crippen molar-refractivity contribution in [3.8, 4) is 0 Å². The molecule has 0 radical (unpaired) electrons. The zero-order valence-corrected chi connectivity index (χ0v) is 10.4. The average Bonchev–Trinajstić information content (AvgIpc) is 2.02. The Morgan fingerprint density at radius 1 is 1.54 bits per heavy atom. The second-order valence-corrected chi connectivity index (χ2v) is 5.61. The highest BCUT2D eigenvalue weighted by Gasteiger charge is 2.22. The highest BCUT2D eigenvalue weighted by Crippen LogP contribution is 2.14. The summed E-state index contributed by atoms with van der Waals surface area (Å²) < 4.78 is -0.461. The van der Waals surface area contributed by atoms with Crippen LogP contribution in [0.3, 0.4) is 0 Å². The lowest BCUT2D eigenvalue weighted by molar-refractivity contribution is -0.122. The van der Waals surface area contributed by atoms with Crippen molar-refractivity contribution in [1.82, 2.24) is 10.2 Å². The van der Waals surface area contributed by atoms with Crippen LogP contribution in [0.25, 0.3) is 0 Å². The molecule has 0 heterocycles. The number of halogens is 1. The Kier molecular flexibility index (Phi) is 5.56. The number of carbonyl (C=O) groups excluding carboxylic acids is 1. The summed E-state index contributed by atoms with van der Waals surface area (Å²) in [6.45, 7) is 8.38. The Labute approximate surface area is 89.0 Å². The Bertz CT molecular complexity index is 165. The fourth-order valence-electron chi connectivity index (χ4n) is 0.729. The molecule has 0 bridgehead atoms. The quantitative estimate of drug-likeness (QED) is 0.745. The van der Waals surface area contributed by atoms with Gasteiger partial charge in [-0.25, -0.2) is 0 Å². The average molecular weight is 251 g/mol. The highest BCUT2D eigenvalue weighted by molar-refractivity contribution is 9.10. The van der Waals surface area contributed by atoms with Gasteiger partial charge < -0.3 is 10.2 Å². The van der Waals surface area contributed by atoms with Gasteiger partial charge in [0.1, 0.15) is 0 Å². The van der Waals surface area contributed by atoms with Crippen molar-refractivity contribution in [2.75, 3.05) is 26.7 Å². The molecule has 0 spiro atoms. The fraction of sp³-hybridized carbons (Fsp3) is 0.889. The first-order chi connectivity index (χ1) is 5.88. The van der Waals surface area contributed by atoms with Crippen LogP contribution >= 0.6 is 15.9 Å². The van der Waals surface area contributed by atoms with Crippen molar-refractivity contribution in [1.29, 1.82) is 0 Å². The SMILES string of the molecule is CCN(C)CCNC(=O)C(C)(C)Br. The number of amides is 1. The number of alkyl halides is 1. The molecule has 0 aromatic carbocycles. The Morgan fingerprint density at radius 2 is 2.08 bits per heavy atom. The molecule has 0 aliphatic heterocycles. The van der Waals surface area contributed by atoms with Crippen LogP contribution in [-0.4, -0.2) is 41.8 Å². The molecule has 0 saturated heterocycles. The minimum absolute atomic E-state index is 0.0389. The van der Waals surface area contributed by atoms with E-state index in [1.54, 1.807) is 0 Å². The van der Waals surface area contributed by atoms with Crippen LogP contribution in [0.1, 0.15) is 20.8 Å². The van der Waals surface area contributed by atoms with E-state index in [0.29, 0.717) is 6.54 Å². The van der Waals surface area contributed by atoms with Crippen molar-refractivity contribution in [2.45, 2.75) is 25.1 Å². The number of carbonyl (C=O) groups is 1. The molecule has 0 aromatic rings. The topological polar surface area (TPSA) is 32.3 Å². The molecule has 0 saturated carbocycles. The third-order valence-electron chi connectivity index (χ3n) is 1.86. The molecule has 0 fully saturated rings. The summed E-state index contributed by atoms with van der Waals surface area (Å²) in [5.41, 5.74) is 0. The van der Waals surface area contributed by atoms with E-state index in [4.69, 9.17) is 0 Å². The molecule has 0 aliphatic carbocycles. The fourth-order valence-corrected chi connectivity index (χ4v) is 0.869. The summed E-state index contributed by atoms with van der Waals surface area (Å²) >= 11 is 3.30. The standard InChI is InChI=1S/C9H19BrN2O/c1-5-12(4)7-6-11-8(13)9(2,3)10/h5-7H2,1-4H3,(H,11,13). The smallest absolute Gasteiger partial charge is 0.236 e. The number of rotatable bonds is 5. The van der Waals surface area contributed by atoms with E-state index in [0.717, 1.165) is 13.1 Å². The Balaban J connectivity index is 3.60. The van der Waals surface area contributed by atoms with E-state index >= 15 is 0 Å². The zero-order chi connectivity index (χ0) is 10.5. The molecule has 1 N–H and O–H groups in total. The zero-order valence-electron chi connectivity index (χ0n) is 8.85. The lowest BCUT2D eigenvalue weighted by Gasteiger charge is -2.18. The molecule has 3 nitrogen and oxygen atoms in total. The van der Waals surface area contributed by atoms with Gasteiger partial charge in [-0.2, -0.15) is 0 Å². The summed E-state index contributed by atoms with van der Waals surface area (Å²) in [6.07, 6.45) is 0. The van der Waals surface area contributed by atoms with Gasteiger partial charge in [-0.15, -0.1) is 0 Å². The van der Waals surface area contributed by atoms with Crippen LogP contribution < -0.4 is 5.32 Å². The van der Waals surface area contributed by atoms with Gasteiger partial charge in [0.05, 0.1) is 4.32 Å². The van der Waals surface area contributed by atoms with Gasteiger partial charge in [0.15, 0.2) is 0 Å². The van der Waals surface area contributed by atoms with Gasteiger partial charge in [0.25, 0.3) is 0 Å². The summed E-state index contributed by atoms with van der Waals surface area (Å²) in [5.74, 6) is 0.0389. The van der Waals surface area contributed by atoms with Gasteiger partial charge in [-0.3, -0.25) is 4.79 Å². The van der Waals surface area contributed by atoms with Crippen LogP contribution in [0, 0.1) is 0 Å². The molecule has 0 rings (SSSR count). The maximum Gasteiger partial charge on any atom is 0.236 e. The van der Waals surface area contributed by atoms with Crippen molar-refractivity contribution >= 4 is 21.8 Å². The van der Waals surface area contributed by atoms with E-state index in [2.05, 4.69) is 33.1 Å². The first-order valence-electron chi connectivity index (χ1n) is 4.53. The molecule has 0 aromatic heterocycles. The van der Waals surface area contributed by atoms with Crippen LogP contribution in [-0.2, 0) is 4.79 Å². The van der Waals surface area contributed by atoms with Gasteiger partial charge in [-0.05, 0) is 27.4 Å². The molecular formula is C9H19BrN2O. The van der Waals surface area contributed by atoms with Crippen LogP contribution in [0.15, 0.2) is 0 Å². The van der Waals surface area contributed by atoms with E-state index in [9.17, 15) is 4.79 Å². The van der Waals surface area contributed by atoms with Crippen LogP contribution in [0.5, 0.6) is 0 Å². The second-order valence-electron chi connectivity index (χ2n) is 3.62. The van der Waals surface area contributed by atoms with Gasteiger partial charge in [-0.1, -0.05) is 22.9 Å². The lowest BCUT2D eigenvalue weighted by Crippen LogP contribution is -2.41. The van der Waals surface area contributed by atoms with Crippen LogP contribution in [0.4, 0.5) is 0 Å². The molecule has 78 valence electrons. The largest absolute Gasteiger partial charge is 0.354 e. The van der Waals surface area contributed by atoms with Gasteiger partial charge in [0, 0.05) is 13.1 Å². The van der Waals surface area contributed by atoms with Gasteiger partial charge >= 0.3 is 0 Å². The van der Waals surface area contributed by atoms with E-state index in [1.165, 1.54) is 0 Å². The first-order valence-corrected chi connectivity index (χ1v) is 5.33. The maximum absolute atomic E-state index is 11.4. The van der Waals surface area contributed by atoms with E-state index < -0.39 is 4.32 Å². The molecule has 1 amide bonds. The first kappa shape index (κ1) is 12.9. The molecule has 0 aliphatic rings. The minimum atomic E-state index is -0.461. The minimum Gasteiger partial charge on any atom is -0.354 e. The normalized spacial score (nSPS) is 11.8. The molecule has 13 heavy (non-hydrogen) atoms. The van der Waals surface area contributed by atoms with Gasteiger partial charge in [0.2, 0.25) is 5.91 Å². The molecule has 0 unspecified atom stereocenters. The van der Waals surface area contributed by atoms with Crippen molar-refractivity contribution in [3.05, 3.63) is 0 Å².